The maximum atomic E-state index is 12.8. The number of carbonyl (C=O) groups excluding carboxylic acids is 1. The lowest BCUT2D eigenvalue weighted by Gasteiger charge is -2.11. The highest BCUT2D eigenvalue weighted by Gasteiger charge is 2.18. The summed E-state index contributed by atoms with van der Waals surface area (Å²) < 4.78 is 6.63. The van der Waals surface area contributed by atoms with E-state index in [1.807, 2.05) is 36.4 Å². The summed E-state index contributed by atoms with van der Waals surface area (Å²) in [5.41, 5.74) is 1.49. The molecular weight excluding hydrogens is 388 g/mol. The van der Waals surface area contributed by atoms with Crippen LogP contribution in [0.1, 0.15) is 23.2 Å². The summed E-state index contributed by atoms with van der Waals surface area (Å²) in [5, 5.41) is 4.15. The summed E-state index contributed by atoms with van der Waals surface area (Å²) in [6.45, 7) is 0.842. The highest BCUT2D eigenvalue weighted by molar-refractivity contribution is 7.99. The predicted octanol–water partition coefficient (Wildman–Crippen LogP) is 5.47. The summed E-state index contributed by atoms with van der Waals surface area (Å²) >= 11 is 9.11. The number of ether oxygens (including phenoxy) is 1. The van der Waals surface area contributed by atoms with E-state index >= 15 is 0 Å². The van der Waals surface area contributed by atoms with Crippen LogP contribution in [0.4, 0.5) is 5.13 Å². The summed E-state index contributed by atoms with van der Waals surface area (Å²) in [7, 11) is 0. The minimum Gasteiger partial charge on any atom is -0.377 e. The van der Waals surface area contributed by atoms with Crippen molar-refractivity contribution in [2.75, 3.05) is 17.7 Å². The molecular formula is C19H17ClN2O2S2. The summed E-state index contributed by atoms with van der Waals surface area (Å²) in [4.78, 5) is 18.2. The van der Waals surface area contributed by atoms with Gasteiger partial charge >= 0.3 is 0 Å². The molecule has 1 aromatic heterocycles. The summed E-state index contributed by atoms with van der Waals surface area (Å²) in [6, 6.07) is 13.2. The number of fused-ring (bicyclic) bond motifs is 1. The molecule has 26 heavy (non-hydrogen) atoms. The fourth-order valence-electron chi connectivity index (χ4n) is 2.85. The molecule has 4 nitrogen and oxygen atoms in total. The second-order valence-corrected chi connectivity index (χ2v) is 8.56. The quantitative estimate of drug-likeness (QED) is 0.572. The molecule has 0 bridgehead atoms. The van der Waals surface area contributed by atoms with Crippen molar-refractivity contribution in [2.45, 2.75) is 23.8 Å². The molecule has 1 amide bonds. The number of anilines is 1. The van der Waals surface area contributed by atoms with Gasteiger partial charge in [0.05, 0.1) is 21.9 Å². The molecule has 1 aliphatic rings. The number of hydrogen-bond acceptors (Lipinski definition) is 5. The van der Waals surface area contributed by atoms with Gasteiger partial charge in [0.25, 0.3) is 5.91 Å². The first-order chi connectivity index (χ1) is 12.7. The van der Waals surface area contributed by atoms with Gasteiger partial charge in [-0.15, -0.1) is 11.8 Å². The Morgan fingerprint density at radius 1 is 1.35 bits per heavy atom. The lowest BCUT2D eigenvalue weighted by atomic mass is 10.2. The normalized spacial score (nSPS) is 16.9. The zero-order valence-corrected chi connectivity index (χ0v) is 16.3. The number of rotatable bonds is 5. The van der Waals surface area contributed by atoms with Crippen molar-refractivity contribution in [3.63, 3.8) is 0 Å². The van der Waals surface area contributed by atoms with Crippen molar-refractivity contribution < 1.29 is 9.53 Å². The molecule has 0 radical (unpaired) electrons. The fraction of sp³-hybridized carbons (Fsp3) is 0.263. The topological polar surface area (TPSA) is 51.2 Å². The predicted molar refractivity (Wildman–Crippen MR) is 109 cm³/mol. The molecule has 2 heterocycles. The third-order valence-corrected chi connectivity index (χ3v) is 6.53. The second kappa shape index (κ2) is 7.96. The van der Waals surface area contributed by atoms with Crippen molar-refractivity contribution in [1.29, 1.82) is 0 Å². The van der Waals surface area contributed by atoms with E-state index in [0.717, 1.165) is 40.3 Å². The largest absolute Gasteiger partial charge is 0.377 e. The molecule has 0 aliphatic carbocycles. The number of nitrogens with one attached hydrogen (secondary N) is 1. The van der Waals surface area contributed by atoms with Gasteiger partial charge in [0.2, 0.25) is 0 Å². The van der Waals surface area contributed by atoms with E-state index in [1.54, 1.807) is 17.8 Å². The minimum atomic E-state index is -0.148. The Labute approximate surface area is 164 Å². The SMILES string of the molecule is O=C(Nc1nc2ccc(Cl)cc2s1)c1ccccc1SC[C@H]1CCCO1. The number of amides is 1. The van der Waals surface area contributed by atoms with Crippen LogP contribution in [-0.4, -0.2) is 29.4 Å². The van der Waals surface area contributed by atoms with Crippen molar-refractivity contribution in [3.8, 4) is 0 Å². The number of carbonyl (C=O) groups is 1. The minimum absolute atomic E-state index is 0.148. The third kappa shape index (κ3) is 4.04. The first-order valence-electron chi connectivity index (χ1n) is 8.40. The van der Waals surface area contributed by atoms with Gasteiger partial charge in [-0.25, -0.2) is 4.98 Å². The molecule has 134 valence electrons. The van der Waals surface area contributed by atoms with Gasteiger partial charge in [0, 0.05) is 22.3 Å². The van der Waals surface area contributed by atoms with Gasteiger partial charge in [-0.05, 0) is 43.2 Å². The average molecular weight is 405 g/mol. The van der Waals surface area contributed by atoms with Crippen LogP contribution in [-0.2, 0) is 4.74 Å². The van der Waals surface area contributed by atoms with E-state index in [4.69, 9.17) is 16.3 Å². The van der Waals surface area contributed by atoms with E-state index in [9.17, 15) is 4.79 Å². The lowest BCUT2D eigenvalue weighted by Crippen LogP contribution is -2.14. The first kappa shape index (κ1) is 17.8. The van der Waals surface area contributed by atoms with Crippen LogP contribution in [0.5, 0.6) is 0 Å². The number of nitrogens with zero attached hydrogens (tertiary/aromatic N) is 1. The molecule has 4 rings (SSSR count). The van der Waals surface area contributed by atoms with Crippen molar-refractivity contribution in [3.05, 3.63) is 53.1 Å². The van der Waals surface area contributed by atoms with Gasteiger partial charge in [-0.2, -0.15) is 0 Å². The first-order valence-corrected chi connectivity index (χ1v) is 10.6. The molecule has 0 spiro atoms. The molecule has 1 aliphatic heterocycles. The fourth-order valence-corrected chi connectivity index (χ4v) is 5.11. The second-order valence-electron chi connectivity index (χ2n) is 6.03. The van der Waals surface area contributed by atoms with Gasteiger partial charge in [0.1, 0.15) is 0 Å². The third-order valence-electron chi connectivity index (χ3n) is 4.15. The number of aromatic nitrogens is 1. The number of halogens is 1. The van der Waals surface area contributed by atoms with E-state index in [0.29, 0.717) is 15.7 Å². The highest BCUT2D eigenvalue weighted by atomic mass is 35.5. The molecule has 2 aromatic carbocycles. The Hall–Kier alpha value is -1.60. The molecule has 0 unspecified atom stereocenters. The van der Waals surface area contributed by atoms with Crippen molar-refractivity contribution in [2.24, 2.45) is 0 Å². The van der Waals surface area contributed by atoms with Crippen LogP contribution >= 0.6 is 34.7 Å². The Morgan fingerprint density at radius 2 is 2.23 bits per heavy atom. The summed E-state index contributed by atoms with van der Waals surface area (Å²) in [6.07, 6.45) is 2.50. The lowest BCUT2D eigenvalue weighted by molar-refractivity contribution is 0.102. The van der Waals surface area contributed by atoms with E-state index in [1.165, 1.54) is 11.3 Å². The van der Waals surface area contributed by atoms with Crippen LogP contribution < -0.4 is 5.32 Å². The monoisotopic (exact) mass is 404 g/mol. The standard InChI is InChI=1S/C19H17ClN2O2S2/c20-12-7-8-15-17(10-12)26-19(21-15)22-18(23)14-5-1-2-6-16(14)25-11-13-4-3-9-24-13/h1-2,5-8,10,13H,3-4,9,11H2,(H,21,22,23)/t13-/m1/s1. The highest BCUT2D eigenvalue weighted by Crippen LogP contribution is 2.30. The number of benzene rings is 2. The van der Waals surface area contributed by atoms with Crippen LogP contribution in [0.3, 0.4) is 0 Å². The Morgan fingerprint density at radius 3 is 3.08 bits per heavy atom. The zero-order valence-electron chi connectivity index (χ0n) is 13.9. The Balaban J connectivity index is 1.49. The van der Waals surface area contributed by atoms with Crippen LogP contribution in [0.25, 0.3) is 10.2 Å². The molecule has 1 fully saturated rings. The maximum Gasteiger partial charge on any atom is 0.258 e. The van der Waals surface area contributed by atoms with Crippen molar-refractivity contribution in [1.82, 2.24) is 4.98 Å². The Bertz CT molecular complexity index is 938. The number of thiazole rings is 1. The van der Waals surface area contributed by atoms with Gasteiger partial charge in [-0.3, -0.25) is 10.1 Å². The molecule has 1 saturated heterocycles. The van der Waals surface area contributed by atoms with E-state index < -0.39 is 0 Å². The molecule has 1 N–H and O–H groups in total. The number of thioether (sulfide) groups is 1. The van der Waals surface area contributed by atoms with Crippen LogP contribution in [0.15, 0.2) is 47.4 Å². The molecule has 7 heteroatoms. The summed E-state index contributed by atoms with van der Waals surface area (Å²) in [5.74, 6) is 0.717. The Kier molecular flexibility index (Phi) is 5.45. The van der Waals surface area contributed by atoms with Gasteiger partial charge < -0.3 is 4.74 Å². The maximum absolute atomic E-state index is 12.8. The van der Waals surface area contributed by atoms with Gasteiger partial charge in [0.15, 0.2) is 5.13 Å². The molecule has 1 atom stereocenters. The van der Waals surface area contributed by atoms with Crippen LogP contribution in [0.2, 0.25) is 5.02 Å². The molecule has 3 aromatic rings. The van der Waals surface area contributed by atoms with E-state index in [-0.39, 0.29) is 12.0 Å². The van der Waals surface area contributed by atoms with E-state index in [2.05, 4.69) is 10.3 Å². The average Bonchev–Trinajstić information content (AvgIpc) is 3.29. The smallest absolute Gasteiger partial charge is 0.258 e. The van der Waals surface area contributed by atoms with Gasteiger partial charge in [-0.1, -0.05) is 35.1 Å². The van der Waals surface area contributed by atoms with Crippen molar-refractivity contribution >= 4 is 56.0 Å². The zero-order chi connectivity index (χ0) is 17.9. The number of hydrogen-bond donors (Lipinski definition) is 1. The molecule has 0 saturated carbocycles. The van der Waals surface area contributed by atoms with Crippen LogP contribution in [0, 0.1) is 0 Å².